The van der Waals surface area contributed by atoms with E-state index in [1.54, 1.807) is 8.61 Å². The van der Waals surface area contributed by atoms with E-state index >= 15 is 0 Å². The first-order valence-corrected chi connectivity index (χ1v) is 9.71. The standard InChI is InChI=1S/C14H28N4O3S.ClH/c1-12-11-21-13(2)9-18(12)22(19,20)17-6-3-14(10-17)16-7-4-15-5-8-16;/h12-15H,3-11H2,1-2H3;1H. The summed E-state index contributed by atoms with van der Waals surface area (Å²) < 4.78 is 34.7. The molecule has 3 heterocycles. The average Bonchev–Trinajstić information content (AvgIpc) is 3.01. The first-order chi connectivity index (χ1) is 10.5. The van der Waals surface area contributed by atoms with Gasteiger partial charge < -0.3 is 10.1 Å². The van der Waals surface area contributed by atoms with Gasteiger partial charge in [-0.3, -0.25) is 4.90 Å². The fourth-order valence-corrected chi connectivity index (χ4v) is 5.52. The summed E-state index contributed by atoms with van der Waals surface area (Å²) in [5, 5.41) is 3.35. The lowest BCUT2D eigenvalue weighted by Gasteiger charge is -2.38. The molecule has 0 amide bonds. The first kappa shape index (κ1) is 19.4. The van der Waals surface area contributed by atoms with Crippen molar-refractivity contribution in [2.24, 2.45) is 0 Å². The van der Waals surface area contributed by atoms with Crippen molar-refractivity contribution >= 4 is 22.6 Å². The summed E-state index contributed by atoms with van der Waals surface area (Å²) in [6.07, 6.45) is 0.908. The zero-order valence-electron chi connectivity index (χ0n) is 14.0. The maximum Gasteiger partial charge on any atom is 0.282 e. The highest BCUT2D eigenvalue weighted by Crippen LogP contribution is 2.24. The van der Waals surface area contributed by atoms with Crippen LogP contribution in [-0.2, 0) is 14.9 Å². The van der Waals surface area contributed by atoms with Crippen molar-refractivity contribution < 1.29 is 13.2 Å². The van der Waals surface area contributed by atoms with Gasteiger partial charge in [-0.05, 0) is 20.3 Å². The van der Waals surface area contributed by atoms with Crippen molar-refractivity contribution in [3.05, 3.63) is 0 Å². The maximum atomic E-state index is 12.9. The number of nitrogens with zero attached hydrogens (tertiary/aromatic N) is 3. The molecule has 3 saturated heterocycles. The van der Waals surface area contributed by atoms with E-state index in [1.807, 2.05) is 13.8 Å². The molecule has 3 aliphatic rings. The molecular weight excluding hydrogens is 340 g/mol. The van der Waals surface area contributed by atoms with Crippen LogP contribution in [0.2, 0.25) is 0 Å². The summed E-state index contributed by atoms with van der Waals surface area (Å²) in [5.41, 5.74) is 0. The molecule has 3 aliphatic heterocycles. The van der Waals surface area contributed by atoms with Crippen molar-refractivity contribution in [1.82, 2.24) is 18.8 Å². The Bertz CT molecular complexity index is 486. The van der Waals surface area contributed by atoms with Crippen LogP contribution in [0.25, 0.3) is 0 Å². The summed E-state index contributed by atoms with van der Waals surface area (Å²) >= 11 is 0. The van der Waals surface area contributed by atoms with E-state index in [2.05, 4.69) is 10.2 Å². The Kier molecular flexibility index (Phi) is 6.69. The number of halogens is 1. The number of hydrogen-bond acceptors (Lipinski definition) is 5. The second-order valence-corrected chi connectivity index (χ2v) is 8.54. The van der Waals surface area contributed by atoms with Crippen LogP contribution >= 0.6 is 12.4 Å². The molecule has 0 aromatic heterocycles. The van der Waals surface area contributed by atoms with Gasteiger partial charge in [0, 0.05) is 57.9 Å². The SMILES string of the molecule is CC1CN(S(=O)(=O)N2CCC(N3CCNCC3)C2)C(C)CO1.Cl. The Morgan fingerprint density at radius 3 is 2.48 bits per heavy atom. The first-order valence-electron chi connectivity index (χ1n) is 8.32. The Labute approximate surface area is 145 Å². The lowest BCUT2D eigenvalue weighted by atomic mass is 10.2. The monoisotopic (exact) mass is 368 g/mol. The molecule has 3 fully saturated rings. The zero-order chi connectivity index (χ0) is 15.7. The maximum absolute atomic E-state index is 12.9. The van der Waals surface area contributed by atoms with E-state index in [9.17, 15) is 8.42 Å². The third-order valence-electron chi connectivity index (χ3n) is 4.97. The van der Waals surface area contributed by atoms with Gasteiger partial charge in [-0.1, -0.05) is 0 Å². The van der Waals surface area contributed by atoms with Crippen molar-refractivity contribution in [1.29, 1.82) is 0 Å². The number of hydrogen-bond donors (Lipinski definition) is 1. The van der Waals surface area contributed by atoms with Crippen molar-refractivity contribution in [3.8, 4) is 0 Å². The van der Waals surface area contributed by atoms with Gasteiger partial charge in [0.25, 0.3) is 10.2 Å². The predicted molar refractivity (Wildman–Crippen MR) is 92.2 cm³/mol. The molecule has 0 aliphatic carbocycles. The lowest BCUT2D eigenvalue weighted by Crippen LogP contribution is -2.55. The van der Waals surface area contributed by atoms with Crippen molar-refractivity contribution in [2.75, 3.05) is 52.4 Å². The number of nitrogens with one attached hydrogen (secondary N) is 1. The van der Waals surface area contributed by atoms with Gasteiger partial charge in [-0.25, -0.2) is 0 Å². The van der Waals surface area contributed by atoms with Gasteiger partial charge in [0.1, 0.15) is 0 Å². The molecule has 1 N–H and O–H groups in total. The number of ether oxygens (including phenoxy) is 1. The number of piperazine rings is 1. The predicted octanol–water partition coefficient (Wildman–Crippen LogP) is -0.258. The highest BCUT2D eigenvalue weighted by molar-refractivity contribution is 7.86. The molecule has 9 heteroatoms. The Morgan fingerprint density at radius 2 is 1.78 bits per heavy atom. The van der Waals surface area contributed by atoms with E-state index in [0.29, 0.717) is 32.3 Å². The Balaban J connectivity index is 0.00000192. The van der Waals surface area contributed by atoms with Crippen LogP contribution in [0.3, 0.4) is 0 Å². The summed E-state index contributed by atoms with van der Waals surface area (Å²) in [7, 11) is -3.37. The minimum absolute atomic E-state index is 0. The van der Waals surface area contributed by atoms with Crippen LogP contribution in [0.15, 0.2) is 0 Å². The molecule has 3 rings (SSSR count). The van der Waals surface area contributed by atoms with E-state index in [4.69, 9.17) is 4.74 Å². The molecule has 0 bridgehead atoms. The third-order valence-corrected chi connectivity index (χ3v) is 7.05. The Morgan fingerprint density at radius 1 is 1.09 bits per heavy atom. The molecule has 136 valence electrons. The quantitative estimate of drug-likeness (QED) is 0.743. The molecule has 0 spiro atoms. The van der Waals surface area contributed by atoms with Crippen LogP contribution < -0.4 is 5.32 Å². The topological polar surface area (TPSA) is 65.1 Å². The number of rotatable bonds is 3. The highest BCUT2D eigenvalue weighted by atomic mass is 35.5. The summed E-state index contributed by atoms with van der Waals surface area (Å²) in [6.45, 7) is 10.1. The van der Waals surface area contributed by atoms with Crippen LogP contribution in [0, 0.1) is 0 Å². The van der Waals surface area contributed by atoms with Gasteiger partial charge in [-0.15, -0.1) is 12.4 Å². The van der Waals surface area contributed by atoms with Gasteiger partial charge in [0.2, 0.25) is 0 Å². The Hall–Kier alpha value is 0.0400. The second-order valence-electron chi connectivity index (χ2n) is 6.66. The molecule has 0 radical (unpaired) electrons. The van der Waals surface area contributed by atoms with Crippen LogP contribution in [-0.4, -0.2) is 92.5 Å². The minimum atomic E-state index is -3.37. The van der Waals surface area contributed by atoms with E-state index in [1.165, 1.54) is 0 Å². The number of morpholine rings is 1. The highest BCUT2D eigenvalue weighted by Gasteiger charge is 2.41. The molecule has 0 aromatic carbocycles. The van der Waals surface area contributed by atoms with Gasteiger partial charge in [0.05, 0.1) is 12.7 Å². The van der Waals surface area contributed by atoms with Gasteiger partial charge in [-0.2, -0.15) is 17.0 Å². The molecule has 0 saturated carbocycles. The fourth-order valence-electron chi connectivity index (χ4n) is 3.61. The average molecular weight is 369 g/mol. The third kappa shape index (κ3) is 4.18. The van der Waals surface area contributed by atoms with Crippen molar-refractivity contribution in [3.63, 3.8) is 0 Å². The largest absolute Gasteiger partial charge is 0.375 e. The molecule has 7 nitrogen and oxygen atoms in total. The molecule has 23 heavy (non-hydrogen) atoms. The van der Waals surface area contributed by atoms with Crippen LogP contribution in [0.1, 0.15) is 20.3 Å². The molecular formula is C14H29ClN4O3S. The normalized spacial score (nSPS) is 35.1. The smallest absolute Gasteiger partial charge is 0.282 e. The van der Waals surface area contributed by atoms with E-state index < -0.39 is 10.2 Å². The summed E-state index contributed by atoms with van der Waals surface area (Å²) in [6, 6.07) is 0.282. The van der Waals surface area contributed by atoms with Gasteiger partial charge >= 0.3 is 0 Å². The molecule has 0 aromatic rings. The van der Waals surface area contributed by atoms with Crippen LogP contribution in [0.5, 0.6) is 0 Å². The van der Waals surface area contributed by atoms with Crippen molar-refractivity contribution in [2.45, 2.75) is 38.5 Å². The van der Waals surface area contributed by atoms with Gasteiger partial charge in [0.15, 0.2) is 0 Å². The summed E-state index contributed by atoms with van der Waals surface area (Å²) in [4.78, 5) is 2.43. The summed E-state index contributed by atoms with van der Waals surface area (Å²) in [5.74, 6) is 0. The minimum Gasteiger partial charge on any atom is -0.375 e. The fraction of sp³-hybridized carbons (Fsp3) is 1.00. The van der Waals surface area contributed by atoms with E-state index in [0.717, 1.165) is 32.6 Å². The molecule has 3 unspecified atom stereocenters. The lowest BCUT2D eigenvalue weighted by molar-refractivity contribution is -0.0189. The zero-order valence-corrected chi connectivity index (χ0v) is 15.6. The second kappa shape index (κ2) is 7.95. The van der Waals surface area contributed by atoms with Crippen LogP contribution in [0.4, 0.5) is 0 Å². The van der Waals surface area contributed by atoms with E-state index in [-0.39, 0.29) is 24.6 Å². The molecule has 3 atom stereocenters.